The standard InChI is InChI=1S/C10H12O3/c1-3-13-10(11)8-4-6-9(12-2)7-5-8/h4-7H,3H2,1-2H3/i2D3. The number of benzene rings is 1. The lowest BCUT2D eigenvalue weighted by atomic mass is 10.2. The summed E-state index contributed by atoms with van der Waals surface area (Å²) in [4.78, 5) is 11.3. The van der Waals surface area contributed by atoms with Crippen LogP contribution in [0.1, 0.15) is 21.4 Å². The van der Waals surface area contributed by atoms with Crippen molar-refractivity contribution in [1.29, 1.82) is 0 Å². The molecule has 0 saturated heterocycles. The molecule has 0 aromatic heterocycles. The first-order chi connectivity index (χ1) is 7.42. The van der Waals surface area contributed by atoms with Crippen molar-refractivity contribution in [2.75, 3.05) is 13.6 Å². The van der Waals surface area contributed by atoms with Gasteiger partial charge in [-0.25, -0.2) is 4.79 Å². The lowest BCUT2D eigenvalue weighted by Gasteiger charge is -2.02. The summed E-state index contributed by atoms with van der Waals surface area (Å²) in [7, 11) is -2.48. The van der Waals surface area contributed by atoms with E-state index in [1.807, 2.05) is 0 Å². The quantitative estimate of drug-likeness (QED) is 0.671. The highest BCUT2D eigenvalue weighted by Gasteiger charge is 2.04. The summed E-state index contributed by atoms with van der Waals surface area (Å²) >= 11 is 0. The third kappa shape index (κ3) is 2.47. The SMILES string of the molecule is [2H]C([2H])([2H])Oc1ccc(C(=O)OCC)cc1. The number of rotatable bonds is 3. The maximum absolute atomic E-state index is 11.3. The monoisotopic (exact) mass is 183 g/mol. The molecule has 0 unspecified atom stereocenters. The van der Waals surface area contributed by atoms with Crippen molar-refractivity contribution in [3.05, 3.63) is 29.8 Å². The molecule has 0 atom stereocenters. The van der Waals surface area contributed by atoms with E-state index in [-0.39, 0.29) is 5.75 Å². The predicted octanol–water partition coefficient (Wildman–Crippen LogP) is 1.87. The second-order valence-electron chi connectivity index (χ2n) is 2.35. The van der Waals surface area contributed by atoms with E-state index in [4.69, 9.17) is 8.85 Å². The molecule has 1 rings (SSSR count). The minimum atomic E-state index is -2.48. The van der Waals surface area contributed by atoms with Gasteiger partial charge >= 0.3 is 5.97 Å². The van der Waals surface area contributed by atoms with Gasteiger partial charge in [0.05, 0.1) is 23.3 Å². The highest BCUT2D eigenvalue weighted by atomic mass is 16.5. The Balaban J connectivity index is 2.72. The van der Waals surface area contributed by atoms with Crippen LogP contribution in [0, 0.1) is 0 Å². The molecule has 1 aromatic carbocycles. The van der Waals surface area contributed by atoms with E-state index in [9.17, 15) is 4.79 Å². The number of esters is 1. The first kappa shape index (κ1) is 6.02. The van der Waals surface area contributed by atoms with Crippen molar-refractivity contribution in [2.24, 2.45) is 0 Å². The van der Waals surface area contributed by atoms with Crippen LogP contribution in [-0.2, 0) is 4.74 Å². The molecular weight excluding hydrogens is 168 g/mol. The highest BCUT2D eigenvalue weighted by Crippen LogP contribution is 2.11. The number of methoxy groups -OCH3 is 1. The second-order valence-corrected chi connectivity index (χ2v) is 2.35. The van der Waals surface area contributed by atoms with Crippen LogP contribution >= 0.6 is 0 Å². The average Bonchev–Trinajstić information content (AvgIpc) is 2.16. The zero-order chi connectivity index (χ0) is 12.2. The largest absolute Gasteiger partial charge is 0.497 e. The van der Waals surface area contributed by atoms with Crippen LogP contribution in [0.25, 0.3) is 0 Å². The third-order valence-corrected chi connectivity index (χ3v) is 1.48. The topological polar surface area (TPSA) is 35.5 Å². The Kier molecular flexibility index (Phi) is 2.08. The van der Waals surface area contributed by atoms with E-state index in [1.54, 1.807) is 6.92 Å². The van der Waals surface area contributed by atoms with Crippen molar-refractivity contribution >= 4 is 5.97 Å². The normalized spacial score (nSPS) is 13.8. The molecule has 3 heteroatoms. The van der Waals surface area contributed by atoms with Gasteiger partial charge in [0.2, 0.25) is 0 Å². The van der Waals surface area contributed by atoms with Crippen LogP contribution in [0.4, 0.5) is 0 Å². The summed E-state index contributed by atoms with van der Waals surface area (Å²) in [5, 5.41) is 0. The molecule has 0 fully saturated rings. The maximum atomic E-state index is 11.3. The van der Waals surface area contributed by atoms with Gasteiger partial charge in [0, 0.05) is 0 Å². The van der Waals surface area contributed by atoms with E-state index in [1.165, 1.54) is 24.3 Å². The lowest BCUT2D eigenvalue weighted by Crippen LogP contribution is -2.03. The van der Waals surface area contributed by atoms with Crippen molar-refractivity contribution in [2.45, 2.75) is 6.92 Å². The molecule has 70 valence electrons. The van der Waals surface area contributed by atoms with Crippen LogP contribution in [0.5, 0.6) is 5.75 Å². The molecule has 3 nitrogen and oxygen atoms in total. The van der Waals surface area contributed by atoms with Crippen LogP contribution in [0.15, 0.2) is 24.3 Å². The number of carbonyl (C=O) groups is 1. The van der Waals surface area contributed by atoms with Gasteiger partial charge in [-0.3, -0.25) is 0 Å². The van der Waals surface area contributed by atoms with Gasteiger partial charge in [0.15, 0.2) is 0 Å². The van der Waals surface area contributed by atoms with Crippen LogP contribution in [0.2, 0.25) is 0 Å². The molecule has 0 aliphatic rings. The lowest BCUT2D eigenvalue weighted by molar-refractivity contribution is 0.0526. The van der Waals surface area contributed by atoms with Gasteiger partial charge in [-0.15, -0.1) is 0 Å². The zero-order valence-electron chi connectivity index (χ0n) is 10.2. The highest BCUT2D eigenvalue weighted by molar-refractivity contribution is 5.89. The molecule has 13 heavy (non-hydrogen) atoms. The molecule has 0 saturated carbocycles. The fraction of sp³-hybridized carbons (Fsp3) is 0.300. The molecule has 0 aliphatic heterocycles. The third-order valence-electron chi connectivity index (χ3n) is 1.48. The molecule has 0 radical (unpaired) electrons. The molecule has 0 N–H and O–H groups in total. The van der Waals surface area contributed by atoms with Gasteiger partial charge in [0.25, 0.3) is 0 Å². The fourth-order valence-corrected chi connectivity index (χ4v) is 0.873. The van der Waals surface area contributed by atoms with Crippen LogP contribution in [-0.4, -0.2) is 19.6 Å². The predicted molar refractivity (Wildman–Crippen MR) is 49.0 cm³/mol. The van der Waals surface area contributed by atoms with E-state index in [0.29, 0.717) is 12.2 Å². The van der Waals surface area contributed by atoms with E-state index >= 15 is 0 Å². The Labute approximate surface area is 81.5 Å². The average molecular weight is 183 g/mol. The van der Waals surface area contributed by atoms with E-state index < -0.39 is 13.0 Å². The van der Waals surface area contributed by atoms with Crippen molar-refractivity contribution in [1.82, 2.24) is 0 Å². The molecule has 0 spiro atoms. The second kappa shape index (κ2) is 4.50. The molecule has 0 bridgehead atoms. The Hall–Kier alpha value is -1.51. The smallest absolute Gasteiger partial charge is 0.338 e. The van der Waals surface area contributed by atoms with Crippen molar-refractivity contribution < 1.29 is 18.4 Å². The summed E-state index contributed by atoms with van der Waals surface area (Å²) in [6.45, 7) is 2.01. The number of hydrogen-bond donors (Lipinski definition) is 0. The van der Waals surface area contributed by atoms with E-state index in [2.05, 4.69) is 4.74 Å². The van der Waals surface area contributed by atoms with Gasteiger partial charge in [-0.05, 0) is 31.2 Å². The molecule has 0 heterocycles. The number of ether oxygens (including phenoxy) is 2. The zero-order valence-corrected chi connectivity index (χ0v) is 7.24. The van der Waals surface area contributed by atoms with E-state index in [0.717, 1.165) is 0 Å². The van der Waals surface area contributed by atoms with Crippen LogP contribution in [0.3, 0.4) is 0 Å². The molecule has 0 aliphatic carbocycles. The number of carbonyl (C=O) groups excluding carboxylic acids is 1. The van der Waals surface area contributed by atoms with Crippen LogP contribution < -0.4 is 4.74 Å². The van der Waals surface area contributed by atoms with Gasteiger partial charge in [-0.1, -0.05) is 0 Å². The van der Waals surface area contributed by atoms with Crippen molar-refractivity contribution in [3.63, 3.8) is 0 Å². The Morgan fingerprint density at radius 1 is 1.46 bits per heavy atom. The summed E-state index contributed by atoms with van der Waals surface area (Å²) in [6, 6.07) is 5.75. The minimum Gasteiger partial charge on any atom is -0.497 e. The molecule has 1 aromatic rings. The van der Waals surface area contributed by atoms with Gasteiger partial charge in [0.1, 0.15) is 5.75 Å². The summed E-state index contributed by atoms with van der Waals surface area (Å²) in [5.74, 6) is -0.254. The van der Waals surface area contributed by atoms with Crippen molar-refractivity contribution in [3.8, 4) is 5.75 Å². The maximum Gasteiger partial charge on any atom is 0.338 e. The Morgan fingerprint density at radius 2 is 2.15 bits per heavy atom. The van der Waals surface area contributed by atoms with Gasteiger partial charge < -0.3 is 9.47 Å². The summed E-state index contributed by atoms with van der Waals surface area (Å²) in [6.07, 6.45) is 0. The molecular formula is C10H12O3. The fourth-order valence-electron chi connectivity index (χ4n) is 0.873. The summed E-state index contributed by atoms with van der Waals surface area (Å²) < 4.78 is 30.1. The minimum absolute atomic E-state index is 0.188. The molecule has 0 amide bonds. The first-order valence-corrected chi connectivity index (χ1v) is 3.88. The van der Waals surface area contributed by atoms with Gasteiger partial charge in [-0.2, -0.15) is 0 Å². The first-order valence-electron chi connectivity index (χ1n) is 5.38. The Bertz CT molecular complexity index is 357. The summed E-state index contributed by atoms with van der Waals surface area (Å²) in [5.41, 5.74) is 0.361. The Morgan fingerprint density at radius 3 is 2.69 bits per heavy atom. The number of hydrogen-bond acceptors (Lipinski definition) is 3.